The maximum absolute atomic E-state index is 11.2. The molecule has 1 N–H and O–H groups in total. The summed E-state index contributed by atoms with van der Waals surface area (Å²) in [4.78, 5) is 0. The zero-order chi connectivity index (χ0) is 14.9. The first-order valence-electron chi connectivity index (χ1n) is 7.93. The van der Waals surface area contributed by atoms with Gasteiger partial charge in [-0.3, -0.25) is 0 Å². The molecular weight excluding hydrogens is 262 g/mol. The lowest BCUT2D eigenvalue weighted by Crippen LogP contribution is -2.48. The molecule has 1 aromatic rings. The minimum atomic E-state index is -1.17. The number of aliphatic hydroxyl groups is 1. The Morgan fingerprint density at radius 1 is 1.24 bits per heavy atom. The van der Waals surface area contributed by atoms with Gasteiger partial charge in [-0.1, -0.05) is 18.2 Å². The third kappa shape index (κ3) is 2.37. The van der Waals surface area contributed by atoms with Crippen molar-refractivity contribution >= 4 is 0 Å². The molecule has 0 amide bonds. The number of benzene rings is 1. The molecule has 0 saturated carbocycles. The van der Waals surface area contributed by atoms with Crippen LogP contribution in [0.1, 0.15) is 49.3 Å². The third-order valence-corrected chi connectivity index (χ3v) is 5.30. The molecule has 0 radical (unpaired) electrons. The third-order valence-electron chi connectivity index (χ3n) is 5.30. The van der Waals surface area contributed by atoms with Crippen molar-refractivity contribution in [1.29, 1.82) is 5.26 Å². The van der Waals surface area contributed by atoms with Gasteiger partial charge >= 0.3 is 0 Å². The Bertz CT molecular complexity index is 565. The Labute approximate surface area is 126 Å². The lowest BCUT2D eigenvalue weighted by atomic mass is 9.67. The molecule has 3 nitrogen and oxygen atoms in total. The van der Waals surface area contributed by atoms with Gasteiger partial charge in [-0.2, -0.15) is 5.26 Å². The maximum atomic E-state index is 11.2. The second-order valence-corrected chi connectivity index (χ2v) is 6.61. The van der Waals surface area contributed by atoms with E-state index in [1.807, 2.05) is 6.07 Å². The van der Waals surface area contributed by atoms with E-state index in [1.165, 1.54) is 24.0 Å². The zero-order valence-electron chi connectivity index (χ0n) is 12.7. The highest BCUT2D eigenvalue weighted by atomic mass is 16.5. The number of hydrogen-bond acceptors (Lipinski definition) is 3. The van der Waals surface area contributed by atoms with E-state index in [1.54, 1.807) is 6.92 Å². The summed E-state index contributed by atoms with van der Waals surface area (Å²) in [5.41, 5.74) is 1.58. The molecule has 1 fully saturated rings. The van der Waals surface area contributed by atoms with Crippen LogP contribution in [0.5, 0.6) is 0 Å². The van der Waals surface area contributed by atoms with E-state index >= 15 is 0 Å². The summed E-state index contributed by atoms with van der Waals surface area (Å²) in [5.74, 6) is 0. The molecule has 3 rings (SSSR count). The smallest absolute Gasteiger partial charge is 0.113 e. The van der Waals surface area contributed by atoms with Crippen LogP contribution in [0.4, 0.5) is 0 Å². The van der Waals surface area contributed by atoms with Gasteiger partial charge in [0.2, 0.25) is 0 Å². The average Bonchev–Trinajstić information content (AvgIpc) is 2.54. The molecule has 1 aliphatic heterocycles. The summed E-state index contributed by atoms with van der Waals surface area (Å²) in [5, 5.41) is 20.8. The van der Waals surface area contributed by atoms with Gasteiger partial charge in [0.15, 0.2) is 0 Å². The van der Waals surface area contributed by atoms with E-state index in [9.17, 15) is 10.4 Å². The lowest BCUT2D eigenvalue weighted by molar-refractivity contribution is -0.113. The van der Waals surface area contributed by atoms with E-state index in [2.05, 4.69) is 18.2 Å². The van der Waals surface area contributed by atoms with Crippen molar-refractivity contribution in [1.82, 2.24) is 0 Å². The van der Waals surface area contributed by atoms with E-state index in [4.69, 9.17) is 4.74 Å². The van der Waals surface area contributed by atoms with Crippen LogP contribution in [-0.4, -0.2) is 18.3 Å². The van der Waals surface area contributed by atoms with Crippen molar-refractivity contribution in [3.05, 3.63) is 34.9 Å². The highest BCUT2D eigenvalue weighted by Gasteiger charge is 2.50. The minimum absolute atomic E-state index is 0.313. The topological polar surface area (TPSA) is 53.2 Å². The van der Waals surface area contributed by atoms with Crippen molar-refractivity contribution in [3.8, 4) is 6.07 Å². The summed E-state index contributed by atoms with van der Waals surface area (Å²) in [7, 11) is 0. The second kappa shape index (κ2) is 5.44. The van der Waals surface area contributed by atoms with Crippen molar-refractivity contribution in [2.45, 2.75) is 51.0 Å². The molecule has 0 bridgehead atoms. The number of ether oxygens (including phenoxy) is 1. The SMILES string of the molecule is CC(O)(c1ccc2c(c1)CCCC2)C1(C#N)CCCOC1. The number of fused-ring (bicyclic) bond motifs is 1. The molecule has 2 unspecified atom stereocenters. The Kier molecular flexibility index (Phi) is 3.77. The van der Waals surface area contributed by atoms with E-state index < -0.39 is 11.0 Å². The van der Waals surface area contributed by atoms with Crippen molar-refractivity contribution in [3.63, 3.8) is 0 Å². The molecule has 0 aromatic heterocycles. The number of aryl methyl sites for hydroxylation is 2. The first-order valence-corrected chi connectivity index (χ1v) is 7.93. The standard InChI is InChI=1S/C18H23NO2/c1-17(20,18(12-19)9-4-10-21-13-18)16-8-7-14-5-2-3-6-15(14)11-16/h7-8,11,20H,2-6,9-10,13H2,1H3. The van der Waals surface area contributed by atoms with Crippen LogP contribution in [0.15, 0.2) is 18.2 Å². The molecule has 21 heavy (non-hydrogen) atoms. The van der Waals surface area contributed by atoms with Gasteiger partial charge in [0.05, 0.1) is 12.7 Å². The van der Waals surface area contributed by atoms with Crippen LogP contribution < -0.4 is 0 Å². The van der Waals surface area contributed by atoms with Gasteiger partial charge in [-0.05, 0) is 62.1 Å². The summed E-state index contributed by atoms with van der Waals surface area (Å²) >= 11 is 0. The highest BCUT2D eigenvalue weighted by Crippen LogP contribution is 2.45. The van der Waals surface area contributed by atoms with E-state index in [-0.39, 0.29) is 0 Å². The predicted molar refractivity (Wildman–Crippen MR) is 80.8 cm³/mol. The van der Waals surface area contributed by atoms with Crippen LogP contribution in [0, 0.1) is 16.7 Å². The van der Waals surface area contributed by atoms with Crippen molar-refractivity contribution < 1.29 is 9.84 Å². The quantitative estimate of drug-likeness (QED) is 0.908. The van der Waals surface area contributed by atoms with E-state index in [0.717, 1.165) is 24.8 Å². The van der Waals surface area contributed by atoms with Crippen molar-refractivity contribution in [2.24, 2.45) is 5.41 Å². The molecule has 1 heterocycles. The second-order valence-electron chi connectivity index (χ2n) is 6.61. The molecule has 2 aliphatic rings. The van der Waals surface area contributed by atoms with Crippen LogP contribution in [0.2, 0.25) is 0 Å². The zero-order valence-corrected chi connectivity index (χ0v) is 12.7. The minimum Gasteiger partial charge on any atom is -0.384 e. The molecular formula is C18H23NO2. The molecule has 1 aliphatic carbocycles. The first-order chi connectivity index (χ1) is 10.1. The van der Waals surface area contributed by atoms with Crippen molar-refractivity contribution in [2.75, 3.05) is 13.2 Å². The monoisotopic (exact) mass is 285 g/mol. The Morgan fingerprint density at radius 2 is 2.00 bits per heavy atom. The fraction of sp³-hybridized carbons (Fsp3) is 0.611. The maximum Gasteiger partial charge on any atom is 0.113 e. The normalized spacial score (nSPS) is 28.2. The van der Waals surface area contributed by atoms with Gasteiger partial charge in [0, 0.05) is 6.61 Å². The Balaban J connectivity index is 1.99. The van der Waals surface area contributed by atoms with Gasteiger partial charge in [-0.25, -0.2) is 0 Å². The number of rotatable bonds is 2. The van der Waals surface area contributed by atoms with Gasteiger partial charge < -0.3 is 9.84 Å². The van der Waals surface area contributed by atoms with Gasteiger partial charge in [0.1, 0.15) is 11.0 Å². The number of hydrogen-bond donors (Lipinski definition) is 1. The van der Waals surface area contributed by atoms with Crippen LogP contribution >= 0.6 is 0 Å². The highest BCUT2D eigenvalue weighted by molar-refractivity contribution is 5.38. The molecule has 0 spiro atoms. The lowest BCUT2D eigenvalue weighted by Gasteiger charge is -2.43. The fourth-order valence-corrected chi connectivity index (χ4v) is 3.69. The summed E-state index contributed by atoms with van der Waals surface area (Å²) in [6.07, 6.45) is 6.19. The van der Waals surface area contributed by atoms with Crippen LogP contribution in [0.3, 0.4) is 0 Å². The molecule has 1 saturated heterocycles. The van der Waals surface area contributed by atoms with Gasteiger partial charge in [-0.15, -0.1) is 0 Å². The first kappa shape index (κ1) is 14.6. The summed E-state index contributed by atoms with van der Waals surface area (Å²) < 4.78 is 5.51. The number of nitrogens with zero attached hydrogens (tertiary/aromatic N) is 1. The van der Waals surface area contributed by atoms with E-state index in [0.29, 0.717) is 19.6 Å². The molecule has 1 aromatic carbocycles. The number of nitriles is 1. The molecule has 112 valence electrons. The largest absolute Gasteiger partial charge is 0.384 e. The van der Waals surface area contributed by atoms with Gasteiger partial charge in [0.25, 0.3) is 0 Å². The van der Waals surface area contributed by atoms with Crippen LogP contribution in [-0.2, 0) is 23.2 Å². The Morgan fingerprint density at radius 3 is 2.67 bits per heavy atom. The molecule has 3 heteroatoms. The molecule has 2 atom stereocenters. The summed E-state index contributed by atoms with van der Waals surface area (Å²) in [6.45, 7) is 2.77. The average molecular weight is 285 g/mol. The predicted octanol–water partition coefficient (Wildman–Crippen LogP) is 3.09. The van der Waals surface area contributed by atoms with Crippen LogP contribution in [0.25, 0.3) is 0 Å². The fourth-order valence-electron chi connectivity index (χ4n) is 3.69. The summed E-state index contributed by atoms with van der Waals surface area (Å²) in [6, 6.07) is 8.60. The Hall–Kier alpha value is -1.37.